The number of benzene rings is 1. The van der Waals surface area contributed by atoms with Crippen molar-refractivity contribution in [2.45, 2.75) is 13.3 Å². The summed E-state index contributed by atoms with van der Waals surface area (Å²) in [6.45, 7) is 2.66. The van der Waals surface area contributed by atoms with Gasteiger partial charge in [0, 0.05) is 12.0 Å². The van der Waals surface area contributed by atoms with Crippen molar-refractivity contribution in [1.29, 1.82) is 0 Å². The lowest BCUT2D eigenvalue weighted by Gasteiger charge is -2.04. The summed E-state index contributed by atoms with van der Waals surface area (Å²) in [5.41, 5.74) is 7.93. The Labute approximate surface area is 94.4 Å². The van der Waals surface area contributed by atoms with E-state index >= 15 is 0 Å². The van der Waals surface area contributed by atoms with E-state index in [2.05, 4.69) is 10.2 Å². The van der Waals surface area contributed by atoms with Crippen molar-refractivity contribution < 1.29 is 4.74 Å². The molecular formula is C12H15N3O. The second-order valence-electron chi connectivity index (χ2n) is 3.56. The predicted octanol–water partition coefficient (Wildman–Crippen LogP) is 1.98. The minimum Gasteiger partial charge on any atom is -0.494 e. The molecule has 2 rings (SSSR count). The molecule has 1 heterocycles. The highest BCUT2D eigenvalue weighted by Crippen LogP contribution is 2.17. The molecule has 0 radical (unpaired) electrons. The summed E-state index contributed by atoms with van der Waals surface area (Å²) in [5.74, 6) is 1.53. The molecule has 1 aromatic heterocycles. The molecule has 0 saturated heterocycles. The summed E-state index contributed by atoms with van der Waals surface area (Å²) in [4.78, 5) is 0. The highest BCUT2D eigenvalue weighted by atomic mass is 16.5. The number of nitrogen functional groups attached to an aromatic ring is 1. The predicted molar refractivity (Wildman–Crippen MR) is 63.4 cm³/mol. The molecule has 0 aliphatic heterocycles. The Balaban J connectivity index is 2.08. The van der Waals surface area contributed by atoms with Crippen molar-refractivity contribution in [3.05, 3.63) is 41.6 Å². The number of hydrogen-bond donors (Lipinski definition) is 2. The minimum absolute atomic E-state index is 0.633. The van der Waals surface area contributed by atoms with E-state index in [0.29, 0.717) is 12.4 Å². The molecule has 0 aliphatic carbocycles. The first-order chi connectivity index (χ1) is 7.79. The van der Waals surface area contributed by atoms with Crippen LogP contribution in [-0.2, 0) is 6.42 Å². The van der Waals surface area contributed by atoms with E-state index in [1.807, 2.05) is 31.2 Å². The lowest BCUT2D eigenvalue weighted by molar-refractivity contribution is 0.340. The molecule has 0 unspecified atom stereocenters. The normalized spacial score (nSPS) is 10.3. The number of nitrogens with zero attached hydrogens (tertiary/aromatic N) is 1. The van der Waals surface area contributed by atoms with Crippen molar-refractivity contribution in [3.8, 4) is 5.75 Å². The number of hydrogen-bond acceptors (Lipinski definition) is 3. The van der Waals surface area contributed by atoms with E-state index in [0.717, 1.165) is 17.7 Å². The molecule has 16 heavy (non-hydrogen) atoms. The molecule has 4 heteroatoms. The molecule has 0 saturated carbocycles. The van der Waals surface area contributed by atoms with Gasteiger partial charge in [-0.3, -0.25) is 5.10 Å². The summed E-state index contributed by atoms with van der Waals surface area (Å²) in [6.07, 6.45) is 2.54. The Morgan fingerprint density at radius 3 is 2.62 bits per heavy atom. The van der Waals surface area contributed by atoms with Crippen LogP contribution in [-0.4, -0.2) is 16.8 Å². The van der Waals surface area contributed by atoms with Crippen molar-refractivity contribution in [1.82, 2.24) is 10.2 Å². The zero-order valence-corrected chi connectivity index (χ0v) is 9.23. The summed E-state index contributed by atoms with van der Waals surface area (Å²) in [7, 11) is 0. The van der Waals surface area contributed by atoms with Gasteiger partial charge in [0.25, 0.3) is 0 Å². The van der Waals surface area contributed by atoms with Crippen LogP contribution in [0.2, 0.25) is 0 Å². The van der Waals surface area contributed by atoms with Gasteiger partial charge in [-0.15, -0.1) is 0 Å². The Bertz CT molecular complexity index is 448. The number of rotatable bonds is 4. The van der Waals surface area contributed by atoms with Crippen LogP contribution in [0.4, 0.5) is 5.82 Å². The largest absolute Gasteiger partial charge is 0.494 e. The lowest BCUT2D eigenvalue weighted by atomic mass is 10.1. The number of aromatic nitrogens is 2. The van der Waals surface area contributed by atoms with Crippen molar-refractivity contribution in [3.63, 3.8) is 0 Å². The van der Waals surface area contributed by atoms with Crippen LogP contribution in [0.1, 0.15) is 18.1 Å². The zero-order valence-electron chi connectivity index (χ0n) is 9.23. The molecular weight excluding hydrogens is 202 g/mol. The number of ether oxygens (including phenoxy) is 1. The maximum atomic E-state index is 5.72. The maximum Gasteiger partial charge on any atom is 0.122 e. The smallest absolute Gasteiger partial charge is 0.122 e. The molecule has 0 fully saturated rings. The Morgan fingerprint density at radius 1 is 1.31 bits per heavy atom. The fourth-order valence-electron chi connectivity index (χ4n) is 1.55. The lowest BCUT2D eigenvalue weighted by Crippen LogP contribution is -1.94. The SMILES string of the molecule is CCOc1ccc(Cc2cn[nH]c2N)cc1. The standard InChI is InChI=1S/C12H15N3O/c1-2-16-11-5-3-9(4-6-11)7-10-8-14-15-12(10)13/h3-6,8H,2,7H2,1H3,(H3,13,14,15). The van der Waals surface area contributed by atoms with Gasteiger partial charge >= 0.3 is 0 Å². The van der Waals surface area contributed by atoms with Gasteiger partial charge in [0.05, 0.1) is 12.8 Å². The van der Waals surface area contributed by atoms with Gasteiger partial charge in [0.1, 0.15) is 11.6 Å². The van der Waals surface area contributed by atoms with E-state index < -0.39 is 0 Å². The fraction of sp³-hybridized carbons (Fsp3) is 0.250. The second-order valence-corrected chi connectivity index (χ2v) is 3.56. The fourth-order valence-corrected chi connectivity index (χ4v) is 1.55. The first-order valence-corrected chi connectivity index (χ1v) is 5.29. The third-order valence-electron chi connectivity index (χ3n) is 2.38. The van der Waals surface area contributed by atoms with Crippen LogP contribution in [0, 0.1) is 0 Å². The van der Waals surface area contributed by atoms with Crippen LogP contribution < -0.4 is 10.5 Å². The molecule has 1 aromatic carbocycles. The quantitative estimate of drug-likeness (QED) is 0.823. The van der Waals surface area contributed by atoms with Gasteiger partial charge in [-0.1, -0.05) is 12.1 Å². The third kappa shape index (κ3) is 2.34. The Kier molecular flexibility index (Phi) is 3.10. The monoisotopic (exact) mass is 217 g/mol. The first kappa shape index (κ1) is 10.5. The van der Waals surface area contributed by atoms with Gasteiger partial charge in [-0.25, -0.2) is 0 Å². The molecule has 0 spiro atoms. The molecule has 0 atom stereocenters. The highest BCUT2D eigenvalue weighted by Gasteiger charge is 2.02. The summed E-state index contributed by atoms with van der Waals surface area (Å²) >= 11 is 0. The number of aromatic amines is 1. The van der Waals surface area contributed by atoms with Crippen LogP contribution in [0.15, 0.2) is 30.5 Å². The molecule has 4 nitrogen and oxygen atoms in total. The summed E-state index contributed by atoms with van der Waals surface area (Å²) in [6, 6.07) is 8.01. The van der Waals surface area contributed by atoms with E-state index in [4.69, 9.17) is 10.5 Å². The number of H-pyrrole nitrogens is 1. The van der Waals surface area contributed by atoms with Crippen LogP contribution >= 0.6 is 0 Å². The highest BCUT2D eigenvalue weighted by molar-refractivity contribution is 5.41. The topological polar surface area (TPSA) is 63.9 Å². The van der Waals surface area contributed by atoms with E-state index in [1.54, 1.807) is 6.20 Å². The maximum absolute atomic E-state index is 5.72. The minimum atomic E-state index is 0.633. The second kappa shape index (κ2) is 4.70. The van der Waals surface area contributed by atoms with E-state index in [1.165, 1.54) is 5.56 Å². The molecule has 3 N–H and O–H groups in total. The van der Waals surface area contributed by atoms with Crippen LogP contribution in [0.5, 0.6) is 5.75 Å². The van der Waals surface area contributed by atoms with Gasteiger partial charge < -0.3 is 10.5 Å². The van der Waals surface area contributed by atoms with Crippen LogP contribution in [0.3, 0.4) is 0 Å². The zero-order chi connectivity index (χ0) is 11.4. The van der Waals surface area contributed by atoms with Gasteiger partial charge in [0.2, 0.25) is 0 Å². The van der Waals surface area contributed by atoms with E-state index in [-0.39, 0.29) is 0 Å². The molecule has 0 aliphatic rings. The van der Waals surface area contributed by atoms with Crippen molar-refractivity contribution in [2.75, 3.05) is 12.3 Å². The average molecular weight is 217 g/mol. The molecule has 0 amide bonds. The third-order valence-corrected chi connectivity index (χ3v) is 2.38. The summed E-state index contributed by atoms with van der Waals surface area (Å²) in [5, 5.41) is 6.61. The van der Waals surface area contributed by atoms with Crippen molar-refractivity contribution in [2.24, 2.45) is 0 Å². The Morgan fingerprint density at radius 2 is 2.06 bits per heavy atom. The number of nitrogens with one attached hydrogen (secondary N) is 1. The Hall–Kier alpha value is -1.97. The van der Waals surface area contributed by atoms with Gasteiger partial charge in [-0.2, -0.15) is 5.10 Å². The summed E-state index contributed by atoms with van der Waals surface area (Å²) < 4.78 is 5.38. The average Bonchev–Trinajstić information content (AvgIpc) is 2.68. The van der Waals surface area contributed by atoms with Crippen molar-refractivity contribution >= 4 is 5.82 Å². The van der Waals surface area contributed by atoms with Gasteiger partial charge in [-0.05, 0) is 24.6 Å². The molecule has 0 bridgehead atoms. The van der Waals surface area contributed by atoms with Crippen LogP contribution in [0.25, 0.3) is 0 Å². The first-order valence-electron chi connectivity index (χ1n) is 5.29. The van der Waals surface area contributed by atoms with Gasteiger partial charge in [0.15, 0.2) is 0 Å². The van der Waals surface area contributed by atoms with E-state index in [9.17, 15) is 0 Å². The molecule has 84 valence electrons. The molecule has 2 aromatic rings. The number of anilines is 1. The number of nitrogens with two attached hydrogens (primary N) is 1.